The zero-order valence-corrected chi connectivity index (χ0v) is 11.3. The lowest BCUT2D eigenvalue weighted by Gasteiger charge is -2.06. The van der Waals surface area contributed by atoms with Gasteiger partial charge in [-0.15, -0.1) is 10.2 Å². The summed E-state index contributed by atoms with van der Waals surface area (Å²) in [5, 5.41) is 10.4. The van der Waals surface area contributed by atoms with E-state index >= 15 is 0 Å². The van der Waals surface area contributed by atoms with E-state index in [4.69, 9.17) is 0 Å². The molecule has 5 nitrogen and oxygen atoms in total. The van der Waals surface area contributed by atoms with Crippen LogP contribution in [0.3, 0.4) is 0 Å². The average molecular weight is 293 g/mol. The Bertz CT molecular complexity index is 633. The Labute approximate surface area is 120 Å². The Hall–Kier alpha value is -2.57. The molecule has 7 heteroatoms. The molecule has 1 aromatic carbocycles. The normalized spacial score (nSPS) is 10.2. The van der Waals surface area contributed by atoms with Crippen molar-refractivity contribution in [2.75, 3.05) is 19.0 Å². The molecule has 0 amide bonds. The van der Waals surface area contributed by atoms with Crippen LogP contribution in [-0.4, -0.2) is 29.8 Å². The number of anilines is 1. The van der Waals surface area contributed by atoms with Gasteiger partial charge in [0, 0.05) is 12.6 Å². The van der Waals surface area contributed by atoms with Crippen LogP contribution in [0.5, 0.6) is 0 Å². The number of hydrogen-bond donors (Lipinski definition) is 1. The molecule has 2 rings (SSSR count). The molecule has 0 radical (unpaired) electrons. The molecule has 0 unspecified atom stereocenters. The van der Waals surface area contributed by atoms with Crippen molar-refractivity contribution in [3.05, 3.63) is 53.2 Å². The van der Waals surface area contributed by atoms with Crippen LogP contribution in [0.1, 0.15) is 16.1 Å². The Balaban J connectivity index is 1.90. The Morgan fingerprint density at radius 2 is 2.05 bits per heavy atom. The van der Waals surface area contributed by atoms with Gasteiger partial charge in [-0.3, -0.25) is 0 Å². The minimum atomic E-state index is -0.603. The summed E-state index contributed by atoms with van der Waals surface area (Å²) in [5.41, 5.74) is 0.510. The molecule has 0 spiro atoms. The molecule has 0 aliphatic rings. The van der Waals surface area contributed by atoms with Gasteiger partial charge in [0.25, 0.3) is 0 Å². The van der Waals surface area contributed by atoms with Gasteiger partial charge in [0.15, 0.2) is 5.69 Å². The molecule has 1 N–H and O–H groups in total. The van der Waals surface area contributed by atoms with Gasteiger partial charge in [-0.25, -0.2) is 13.6 Å². The van der Waals surface area contributed by atoms with Crippen molar-refractivity contribution in [2.45, 2.75) is 6.42 Å². The number of benzene rings is 1. The number of ether oxygens (including phenoxy) is 1. The van der Waals surface area contributed by atoms with Crippen LogP contribution >= 0.6 is 0 Å². The summed E-state index contributed by atoms with van der Waals surface area (Å²) < 4.78 is 30.7. The van der Waals surface area contributed by atoms with Crippen molar-refractivity contribution >= 4 is 11.8 Å². The highest BCUT2D eigenvalue weighted by atomic mass is 19.1. The smallest absolute Gasteiger partial charge is 0.358 e. The number of hydrogen-bond acceptors (Lipinski definition) is 5. The van der Waals surface area contributed by atoms with Crippen LogP contribution in [0.2, 0.25) is 0 Å². The third-order valence-corrected chi connectivity index (χ3v) is 2.77. The summed E-state index contributed by atoms with van der Waals surface area (Å²) in [6, 6.07) is 6.50. The quantitative estimate of drug-likeness (QED) is 0.856. The molecule has 1 aromatic heterocycles. The number of carbonyl (C=O) groups excluding carboxylic acids is 1. The monoisotopic (exact) mass is 293 g/mol. The van der Waals surface area contributed by atoms with E-state index in [9.17, 15) is 13.6 Å². The number of nitrogens with one attached hydrogen (secondary N) is 1. The van der Waals surface area contributed by atoms with E-state index in [0.717, 1.165) is 6.07 Å². The Morgan fingerprint density at radius 1 is 1.24 bits per heavy atom. The average Bonchev–Trinajstić information content (AvgIpc) is 2.49. The molecule has 21 heavy (non-hydrogen) atoms. The van der Waals surface area contributed by atoms with Crippen LogP contribution in [0.15, 0.2) is 30.3 Å². The standard InChI is InChI=1S/C14H13F2N3O2/c1-21-14(20)12-4-5-13(19-18-12)17-7-6-9-2-3-10(15)8-11(9)16/h2-5,8H,6-7H2,1H3,(H,17,19). The number of halogens is 2. The van der Waals surface area contributed by atoms with Gasteiger partial charge in [0.1, 0.15) is 17.5 Å². The van der Waals surface area contributed by atoms with E-state index in [-0.39, 0.29) is 5.69 Å². The SMILES string of the molecule is COC(=O)c1ccc(NCCc2ccc(F)cc2F)nn1. The van der Waals surface area contributed by atoms with Crippen molar-refractivity contribution in [1.29, 1.82) is 0 Å². The van der Waals surface area contributed by atoms with Crippen molar-refractivity contribution in [2.24, 2.45) is 0 Å². The number of nitrogens with zero attached hydrogens (tertiary/aromatic N) is 2. The molecule has 0 saturated heterocycles. The number of carbonyl (C=O) groups is 1. The third-order valence-electron chi connectivity index (χ3n) is 2.77. The van der Waals surface area contributed by atoms with Crippen LogP contribution in [0.4, 0.5) is 14.6 Å². The van der Waals surface area contributed by atoms with Crippen LogP contribution in [0.25, 0.3) is 0 Å². The van der Waals surface area contributed by atoms with Gasteiger partial charge < -0.3 is 10.1 Å². The van der Waals surface area contributed by atoms with E-state index in [1.807, 2.05) is 0 Å². The van der Waals surface area contributed by atoms with E-state index in [2.05, 4.69) is 20.3 Å². The van der Waals surface area contributed by atoms with Crippen molar-refractivity contribution < 1.29 is 18.3 Å². The second-order valence-corrected chi connectivity index (χ2v) is 4.21. The first-order valence-corrected chi connectivity index (χ1v) is 6.20. The predicted molar refractivity (Wildman–Crippen MR) is 71.9 cm³/mol. The summed E-state index contributed by atoms with van der Waals surface area (Å²) in [5.74, 6) is -1.30. The Morgan fingerprint density at radius 3 is 2.67 bits per heavy atom. The molecule has 0 aliphatic heterocycles. The lowest BCUT2D eigenvalue weighted by atomic mass is 10.1. The zero-order valence-electron chi connectivity index (χ0n) is 11.3. The van der Waals surface area contributed by atoms with Gasteiger partial charge in [-0.05, 0) is 30.2 Å². The van der Waals surface area contributed by atoms with Gasteiger partial charge in [-0.2, -0.15) is 0 Å². The highest BCUT2D eigenvalue weighted by molar-refractivity contribution is 5.86. The first-order chi connectivity index (χ1) is 10.1. The molecule has 0 bridgehead atoms. The van der Waals surface area contributed by atoms with Crippen LogP contribution in [0, 0.1) is 11.6 Å². The van der Waals surface area contributed by atoms with E-state index in [1.54, 1.807) is 6.07 Å². The third kappa shape index (κ3) is 3.95. The summed E-state index contributed by atoms with van der Waals surface area (Å²) >= 11 is 0. The maximum Gasteiger partial charge on any atom is 0.358 e. The van der Waals surface area contributed by atoms with E-state index in [1.165, 1.54) is 25.3 Å². The number of esters is 1. The topological polar surface area (TPSA) is 64.1 Å². The molecule has 110 valence electrons. The van der Waals surface area contributed by atoms with Crippen molar-refractivity contribution in [1.82, 2.24) is 10.2 Å². The van der Waals surface area contributed by atoms with Gasteiger partial charge >= 0.3 is 5.97 Å². The fourth-order valence-corrected chi connectivity index (χ4v) is 1.69. The van der Waals surface area contributed by atoms with Crippen molar-refractivity contribution in [3.63, 3.8) is 0 Å². The largest absolute Gasteiger partial charge is 0.464 e. The van der Waals surface area contributed by atoms with E-state index < -0.39 is 17.6 Å². The van der Waals surface area contributed by atoms with Gasteiger partial charge in [0.2, 0.25) is 0 Å². The van der Waals surface area contributed by atoms with Crippen LogP contribution in [-0.2, 0) is 11.2 Å². The van der Waals surface area contributed by atoms with Crippen LogP contribution < -0.4 is 5.32 Å². The second-order valence-electron chi connectivity index (χ2n) is 4.21. The fourth-order valence-electron chi connectivity index (χ4n) is 1.69. The summed E-state index contributed by atoms with van der Waals surface area (Å²) in [6.07, 6.45) is 0.368. The molecule has 0 atom stereocenters. The minimum absolute atomic E-state index is 0.104. The fraction of sp³-hybridized carbons (Fsp3) is 0.214. The molecule has 0 aliphatic carbocycles. The highest BCUT2D eigenvalue weighted by Gasteiger charge is 2.08. The molecule has 2 aromatic rings. The molecule has 0 fully saturated rings. The lowest BCUT2D eigenvalue weighted by molar-refractivity contribution is 0.0593. The number of rotatable bonds is 5. The number of methoxy groups -OCH3 is 1. The Kier molecular flexibility index (Phi) is 4.76. The lowest BCUT2D eigenvalue weighted by Crippen LogP contribution is -2.10. The minimum Gasteiger partial charge on any atom is -0.464 e. The molecular formula is C14H13F2N3O2. The highest BCUT2D eigenvalue weighted by Crippen LogP contribution is 2.10. The molecular weight excluding hydrogens is 280 g/mol. The second kappa shape index (κ2) is 6.74. The summed E-state index contributed by atoms with van der Waals surface area (Å²) in [7, 11) is 1.26. The zero-order chi connectivity index (χ0) is 15.2. The molecule has 1 heterocycles. The first-order valence-electron chi connectivity index (χ1n) is 6.20. The molecule has 0 saturated carbocycles. The predicted octanol–water partition coefficient (Wildman–Crippen LogP) is 2.20. The van der Waals surface area contributed by atoms with Crippen molar-refractivity contribution in [3.8, 4) is 0 Å². The first kappa shape index (κ1) is 14.8. The van der Waals surface area contributed by atoms with Gasteiger partial charge in [-0.1, -0.05) is 6.07 Å². The maximum absolute atomic E-state index is 13.4. The van der Waals surface area contributed by atoms with Gasteiger partial charge in [0.05, 0.1) is 7.11 Å². The summed E-state index contributed by atoms with van der Waals surface area (Å²) in [6.45, 7) is 0.398. The number of aromatic nitrogens is 2. The summed E-state index contributed by atoms with van der Waals surface area (Å²) in [4.78, 5) is 11.2. The maximum atomic E-state index is 13.4. The van der Waals surface area contributed by atoms with E-state index in [0.29, 0.717) is 24.3 Å².